The normalized spacial score (nSPS) is 16.1. The molecule has 6 nitrogen and oxygen atoms in total. The summed E-state index contributed by atoms with van der Waals surface area (Å²) in [5, 5.41) is 10.0. The first-order valence-electron chi connectivity index (χ1n) is 6.79. The average Bonchev–Trinajstić information content (AvgIpc) is 2.49. The Kier molecular flexibility index (Phi) is 4.27. The van der Waals surface area contributed by atoms with Crippen LogP contribution in [0.1, 0.15) is 23.7 Å². The summed E-state index contributed by atoms with van der Waals surface area (Å²) >= 11 is 0. The van der Waals surface area contributed by atoms with E-state index in [1.54, 1.807) is 17.0 Å². The smallest absolute Gasteiger partial charge is 0.254 e. The van der Waals surface area contributed by atoms with Crippen LogP contribution in [0.2, 0.25) is 0 Å². The fourth-order valence-corrected chi connectivity index (χ4v) is 2.42. The molecular formula is C15H21NO5. The Bertz CT molecular complexity index is 512. The van der Waals surface area contributed by atoms with E-state index in [-0.39, 0.29) is 5.91 Å². The molecule has 1 N–H and O–H groups in total. The van der Waals surface area contributed by atoms with Gasteiger partial charge in [0.15, 0.2) is 11.5 Å². The van der Waals surface area contributed by atoms with Gasteiger partial charge in [-0.15, -0.1) is 0 Å². The molecule has 116 valence electrons. The van der Waals surface area contributed by atoms with Gasteiger partial charge in [-0.05, 0) is 18.6 Å². The number of methoxy groups -OCH3 is 3. The van der Waals surface area contributed by atoms with Crippen LogP contribution in [0.4, 0.5) is 0 Å². The van der Waals surface area contributed by atoms with Crippen LogP contribution in [0, 0.1) is 0 Å². The minimum Gasteiger partial charge on any atom is -0.493 e. The number of benzene rings is 1. The van der Waals surface area contributed by atoms with Crippen LogP contribution in [-0.4, -0.2) is 55.9 Å². The third-order valence-electron chi connectivity index (χ3n) is 3.83. The lowest BCUT2D eigenvalue weighted by atomic mass is 9.90. The third kappa shape index (κ3) is 2.76. The number of amides is 1. The minimum absolute atomic E-state index is 0.160. The van der Waals surface area contributed by atoms with Gasteiger partial charge < -0.3 is 24.2 Å². The second-order valence-corrected chi connectivity index (χ2v) is 5.15. The predicted octanol–water partition coefficient (Wildman–Crippen LogP) is 1.31. The topological polar surface area (TPSA) is 68.2 Å². The lowest BCUT2D eigenvalue weighted by molar-refractivity contribution is -0.0826. The van der Waals surface area contributed by atoms with Crippen molar-refractivity contribution in [1.82, 2.24) is 4.90 Å². The molecule has 0 saturated carbocycles. The molecule has 0 bridgehead atoms. The number of β-amino-alcohol motifs (C(OH)–C–C–N with tert-alkyl or cyclic N) is 1. The number of nitrogens with zero attached hydrogens (tertiary/aromatic N) is 1. The zero-order valence-electron chi connectivity index (χ0n) is 12.8. The van der Waals surface area contributed by atoms with Crippen LogP contribution in [0.15, 0.2) is 12.1 Å². The molecule has 1 saturated heterocycles. The lowest BCUT2D eigenvalue weighted by Gasteiger charge is -2.46. The van der Waals surface area contributed by atoms with Crippen molar-refractivity contribution in [2.24, 2.45) is 0 Å². The maximum atomic E-state index is 12.4. The number of aliphatic hydroxyl groups is 1. The van der Waals surface area contributed by atoms with Gasteiger partial charge in [-0.3, -0.25) is 4.79 Å². The van der Waals surface area contributed by atoms with Crippen LogP contribution >= 0.6 is 0 Å². The molecule has 1 aromatic rings. The van der Waals surface area contributed by atoms with Crippen LogP contribution in [0.25, 0.3) is 0 Å². The lowest BCUT2D eigenvalue weighted by Crippen LogP contribution is -2.63. The molecule has 21 heavy (non-hydrogen) atoms. The van der Waals surface area contributed by atoms with Gasteiger partial charge in [-0.25, -0.2) is 0 Å². The maximum absolute atomic E-state index is 12.4. The third-order valence-corrected chi connectivity index (χ3v) is 3.83. The summed E-state index contributed by atoms with van der Waals surface area (Å²) in [6.07, 6.45) is 0.631. The predicted molar refractivity (Wildman–Crippen MR) is 77.2 cm³/mol. The van der Waals surface area contributed by atoms with Crippen molar-refractivity contribution in [3.63, 3.8) is 0 Å². The van der Waals surface area contributed by atoms with E-state index >= 15 is 0 Å². The van der Waals surface area contributed by atoms with Gasteiger partial charge in [0.05, 0.1) is 40.0 Å². The quantitative estimate of drug-likeness (QED) is 0.887. The van der Waals surface area contributed by atoms with Gasteiger partial charge in [0, 0.05) is 5.56 Å². The van der Waals surface area contributed by atoms with Crippen molar-refractivity contribution in [3.8, 4) is 17.2 Å². The van der Waals surface area contributed by atoms with Crippen LogP contribution < -0.4 is 14.2 Å². The summed E-state index contributed by atoms with van der Waals surface area (Å²) in [6.45, 7) is 2.60. The van der Waals surface area contributed by atoms with Crippen LogP contribution in [0.5, 0.6) is 17.2 Å². The molecule has 0 aliphatic carbocycles. The number of hydrogen-bond acceptors (Lipinski definition) is 5. The van der Waals surface area contributed by atoms with E-state index in [2.05, 4.69) is 0 Å². The summed E-state index contributed by atoms with van der Waals surface area (Å²) in [7, 11) is 4.52. The Labute approximate surface area is 124 Å². The van der Waals surface area contributed by atoms with Crippen molar-refractivity contribution in [3.05, 3.63) is 17.7 Å². The van der Waals surface area contributed by atoms with Crippen molar-refractivity contribution in [2.75, 3.05) is 34.4 Å². The van der Waals surface area contributed by atoms with Crippen molar-refractivity contribution >= 4 is 5.91 Å². The van der Waals surface area contributed by atoms with Gasteiger partial charge >= 0.3 is 0 Å². The Balaban J connectivity index is 2.26. The number of rotatable bonds is 5. The van der Waals surface area contributed by atoms with E-state index in [4.69, 9.17) is 14.2 Å². The van der Waals surface area contributed by atoms with Gasteiger partial charge in [-0.1, -0.05) is 6.92 Å². The average molecular weight is 295 g/mol. The Morgan fingerprint density at radius 1 is 1.19 bits per heavy atom. The van der Waals surface area contributed by atoms with Gasteiger partial charge in [0.2, 0.25) is 5.75 Å². The highest BCUT2D eigenvalue weighted by Crippen LogP contribution is 2.39. The molecule has 0 aromatic heterocycles. The highest BCUT2D eigenvalue weighted by atomic mass is 16.5. The first-order valence-corrected chi connectivity index (χ1v) is 6.79. The van der Waals surface area contributed by atoms with Gasteiger partial charge in [0.1, 0.15) is 0 Å². The summed E-state index contributed by atoms with van der Waals surface area (Å²) in [4.78, 5) is 14.0. The standard InChI is InChI=1S/C15H21NO5/c1-5-15(18)8-16(9-15)14(17)10-6-11(19-2)13(21-4)12(7-10)20-3/h6-7,18H,5,8-9H2,1-4H3. The Hall–Kier alpha value is -1.95. The minimum atomic E-state index is -0.754. The molecule has 1 heterocycles. The highest BCUT2D eigenvalue weighted by Gasteiger charge is 2.42. The molecule has 0 radical (unpaired) electrons. The number of likely N-dealkylation sites (tertiary alicyclic amines) is 1. The first kappa shape index (κ1) is 15.4. The van der Waals surface area contributed by atoms with E-state index in [1.807, 2.05) is 6.92 Å². The summed E-state index contributed by atoms with van der Waals surface area (Å²) in [5.74, 6) is 1.16. The molecule has 0 spiro atoms. The van der Waals surface area contributed by atoms with Crippen LogP contribution in [0.3, 0.4) is 0 Å². The number of carbonyl (C=O) groups is 1. The molecule has 6 heteroatoms. The van der Waals surface area contributed by atoms with Gasteiger partial charge in [0.25, 0.3) is 5.91 Å². The number of carbonyl (C=O) groups excluding carboxylic acids is 1. The SMILES string of the molecule is CCC1(O)CN(C(=O)c2cc(OC)c(OC)c(OC)c2)C1. The van der Waals surface area contributed by atoms with E-state index < -0.39 is 5.60 Å². The van der Waals surface area contributed by atoms with Crippen molar-refractivity contribution in [1.29, 1.82) is 0 Å². The Morgan fingerprint density at radius 2 is 1.71 bits per heavy atom. The summed E-state index contributed by atoms with van der Waals surface area (Å²) < 4.78 is 15.7. The van der Waals surface area contributed by atoms with E-state index in [9.17, 15) is 9.90 Å². The van der Waals surface area contributed by atoms with Crippen molar-refractivity contribution < 1.29 is 24.1 Å². The first-order chi connectivity index (χ1) is 9.97. The Morgan fingerprint density at radius 3 is 2.10 bits per heavy atom. The molecule has 1 amide bonds. The number of ether oxygens (including phenoxy) is 3. The monoisotopic (exact) mass is 295 g/mol. The molecule has 1 aliphatic heterocycles. The molecule has 1 fully saturated rings. The highest BCUT2D eigenvalue weighted by molar-refractivity contribution is 5.96. The number of hydrogen-bond donors (Lipinski definition) is 1. The molecule has 1 aliphatic rings. The van der Waals surface area contributed by atoms with E-state index in [1.165, 1.54) is 21.3 Å². The van der Waals surface area contributed by atoms with E-state index in [0.717, 1.165) is 0 Å². The fraction of sp³-hybridized carbons (Fsp3) is 0.533. The maximum Gasteiger partial charge on any atom is 0.254 e. The second kappa shape index (κ2) is 5.81. The second-order valence-electron chi connectivity index (χ2n) is 5.15. The molecule has 2 rings (SSSR count). The fourth-order valence-electron chi connectivity index (χ4n) is 2.42. The summed E-state index contributed by atoms with van der Waals surface area (Å²) in [6, 6.07) is 3.24. The zero-order chi connectivity index (χ0) is 15.6. The molecule has 0 unspecified atom stereocenters. The zero-order valence-corrected chi connectivity index (χ0v) is 12.8. The van der Waals surface area contributed by atoms with Crippen LogP contribution in [-0.2, 0) is 0 Å². The molecular weight excluding hydrogens is 274 g/mol. The van der Waals surface area contributed by atoms with Crippen molar-refractivity contribution in [2.45, 2.75) is 18.9 Å². The summed E-state index contributed by atoms with van der Waals surface area (Å²) in [5.41, 5.74) is -0.307. The molecule has 1 aromatic carbocycles. The van der Waals surface area contributed by atoms with E-state index in [0.29, 0.717) is 42.3 Å². The largest absolute Gasteiger partial charge is 0.493 e. The molecule has 0 atom stereocenters. The van der Waals surface area contributed by atoms with Gasteiger partial charge in [-0.2, -0.15) is 0 Å².